The van der Waals surface area contributed by atoms with Crippen molar-refractivity contribution in [1.29, 1.82) is 0 Å². The summed E-state index contributed by atoms with van der Waals surface area (Å²) in [6, 6.07) is 0. The minimum absolute atomic E-state index is 0.103. The maximum absolute atomic E-state index is 10.2. The van der Waals surface area contributed by atoms with Crippen molar-refractivity contribution in [3.8, 4) is 0 Å². The van der Waals surface area contributed by atoms with E-state index in [-0.39, 0.29) is 6.10 Å². The Kier molecular flexibility index (Phi) is 3.09. The Hall–Kier alpha value is -0.0800. The first-order valence-corrected chi connectivity index (χ1v) is 6.40. The topological polar surface area (TPSA) is 40.5 Å². The first-order chi connectivity index (χ1) is 7.00. The first-order valence-electron chi connectivity index (χ1n) is 6.40. The van der Waals surface area contributed by atoms with E-state index in [4.69, 9.17) is 0 Å². The maximum Gasteiger partial charge on any atom is 0.0622 e. The molecule has 4 atom stereocenters. The standard InChI is InChI=1S/C13H24O2/c1-13(2,15)11-7-3-6-10-9(11)5-4-8-12(10)14/h9-12,14-15H,3-8H2,1-2H3/t9?,10?,11-,12-/m1/s1. The molecule has 15 heavy (non-hydrogen) atoms. The summed E-state index contributed by atoms with van der Waals surface area (Å²) < 4.78 is 0. The van der Waals surface area contributed by atoms with Crippen molar-refractivity contribution in [3.05, 3.63) is 0 Å². The number of rotatable bonds is 1. The van der Waals surface area contributed by atoms with Gasteiger partial charge in [0.2, 0.25) is 0 Å². The summed E-state index contributed by atoms with van der Waals surface area (Å²) in [5.74, 6) is 1.41. The molecule has 2 N–H and O–H groups in total. The Morgan fingerprint density at radius 1 is 0.933 bits per heavy atom. The smallest absolute Gasteiger partial charge is 0.0622 e. The second kappa shape index (κ2) is 4.06. The van der Waals surface area contributed by atoms with Crippen molar-refractivity contribution < 1.29 is 10.2 Å². The summed E-state index contributed by atoms with van der Waals surface area (Å²) in [6.07, 6.45) is 6.68. The van der Waals surface area contributed by atoms with Gasteiger partial charge in [-0.15, -0.1) is 0 Å². The van der Waals surface area contributed by atoms with Crippen LogP contribution in [-0.2, 0) is 0 Å². The van der Waals surface area contributed by atoms with E-state index < -0.39 is 5.60 Å². The summed E-state index contributed by atoms with van der Waals surface area (Å²) in [5.41, 5.74) is -0.569. The Labute approximate surface area is 92.7 Å². The van der Waals surface area contributed by atoms with Gasteiger partial charge in [0, 0.05) is 0 Å². The van der Waals surface area contributed by atoms with Gasteiger partial charge in [-0.3, -0.25) is 0 Å². The molecule has 2 rings (SSSR count). The summed E-state index contributed by atoms with van der Waals surface area (Å²) in [7, 11) is 0. The second-order valence-electron chi connectivity index (χ2n) is 6.02. The average molecular weight is 212 g/mol. The van der Waals surface area contributed by atoms with Crippen LogP contribution >= 0.6 is 0 Å². The van der Waals surface area contributed by atoms with Crippen LogP contribution in [0.3, 0.4) is 0 Å². The highest BCUT2D eigenvalue weighted by molar-refractivity contribution is 4.94. The molecule has 0 aliphatic heterocycles. The third kappa shape index (κ3) is 2.21. The highest BCUT2D eigenvalue weighted by atomic mass is 16.3. The van der Waals surface area contributed by atoms with Crippen LogP contribution in [0.4, 0.5) is 0 Å². The number of hydrogen-bond donors (Lipinski definition) is 2. The highest BCUT2D eigenvalue weighted by Gasteiger charge is 2.44. The fraction of sp³-hybridized carbons (Fsp3) is 1.00. The minimum atomic E-state index is -0.569. The van der Waals surface area contributed by atoms with Gasteiger partial charge in [0.15, 0.2) is 0 Å². The molecule has 0 radical (unpaired) electrons. The zero-order chi connectivity index (χ0) is 11.1. The van der Waals surface area contributed by atoms with Crippen LogP contribution in [0.2, 0.25) is 0 Å². The number of aliphatic hydroxyl groups excluding tert-OH is 1. The Morgan fingerprint density at radius 3 is 2.20 bits per heavy atom. The molecule has 0 saturated heterocycles. The lowest BCUT2D eigenvalue weighted by molar-refractivity contribution is -0.0869. The van der Waals surface area contributed by atoms with Crippen LogP contribution in [0.15, 0.2) is 0 Å². The summed E-state index contributed by atoms with van der Waals surface area (Å²) >= 11 is 0. The molecule has 0 aromatic carbocycles. The van der Waals surface area contributed by atoms with E-state index in [9.17, 15) is 10.2 Å². The first kappa shape index (κ1) is 11.4. The van der Waals surface area contributed by atoms with Crippen molar-refractivity contribution in [3.63, 3.8) is 0 Å². The molecular formula is C13H24O2. The molecule has 2 aliphatic carbocycles. The molecule has 0 aromatic heterocycles. The van der Waals surface area contributed by atoms with Gasteiger partial charge in [0.25, 0.3) is 0 Å². The molecule has 0 aromatic rings. The lowest BCUT2D eigenvalue weighted by atomic mass is 9.60. The molecule has 0 bridgehead atoms. The molecule has 0 spiro atoms. The Balaban J connectivity index is 2.13. The molecule has 2 nitrogen and oxygen atoms in total. The lowest BCUT2D eigenvalue weighted by Gasteiger charge is -2.47. The third-order valence-corrected chi connectivity index (χ3v) is 4.56. The molecule has 2 saturated carbocycles. The minimum Gasteiger partial charge on any atom is -0.393 e. The van der Waals surface area contributed by atoms with E-state index in [1.54, 1.807) is 0 Å². The predicted molar refractivity (Wildman–Crippen MR) is 60.5 cm³/mol. The van der Waals surface area contributed by atoms with Gasteiger partial charge in [-0.05, 0) is 57.3 Å². The van der Waals surface area contributed by atoms with E-state index in [1.165, 1.54) is 19.3 Å². The van der Waals surface area contributed by atoms with Crippen LogP contribution < -0.4 is 0 Å². The van der Waals surface area contributed by atoms with Crippen LogP contribution in [0, 0.1) is 17.8 Å². The van der Waals surface area contributed by atoms with Gasteiger partial charge in [0.05, 0.1) is 11.7 Å². The van der Waals surface area contributed by atoms with E-state index in [0.29, 0.717) is 17.8 Å². The monoisotopic (exact) mass is 212 g/mol. The normalized spacial score (nSPS) is 42.4. The second-order valence-corrected chi connectivity index (χ2v) is 6.02. The van der Waals surface area contributed by atoms with Crippen LogP contribution in [0.5, 0.6) is 0 Å². The van der Waals surface area contributed by atoms with E-state index in [2.05, 4.69) is 0 Å². The highest BCUT2D eigenvalue weighted by Crippen LogP contribution is 2.47. The fourth-order valence-corrected chi connectivity index (χ4v) is 3.85. The Morgan fingerprint density at radius 2 is 1.53 bits per heavy atom. The number of aliphatic hydroxyl groups is 2. The van der Waals surface area contributed by atoms with E-state index in [1.807, 2.05) is 13.8 Å². The average Bonchev–Trinajstić information content (AvgIpc) is 2.16. The number of fused-ring (bicyclic) bond motifs is 1. The Bertz CT molecular complexity index is 219. The number of hydrogen-bond acceptors (Lipinski definition) is 2. The van der Waals surface area contributed by atoms with Gasteiger partial charge in [-0.25, -0.2) is 0 Å². The van der Waals surface area contributed by atoms with E-state index >= 15 is 0 Å². The van der Waals surface area contributed by atoms with Gasteiger partial charge >= 0.3 is 0 Å². The van der Waals surface area contributed by atoms with Crippen molar-refractivity contribution >= 4 is 0 Å². The largest absolute Gasteiger partial charge is 0.393 e. The molecule has 2 aliphatic rings. The molecule has 88 valence electrons. The van der Waals surface area contributed by atoms with Gasteiger partial charge in [-0.1, -0.05) is 12.8 Å². The van der Waals surface area contributed by atoms with Crippen molar-refractivity contribution in [2.75, 3.05) is 0 Å². The van der Waals surface area contributed by atoms with Crippen LogP contribution in [-0.4, -0.2) is 21.9 Å². The van der Waals surface area contributed by atoms with Crippen molar-refractivity contribution in [2.45, 2.75) is 64.1 Å². The molecule has 2 heteroatoms. The van der Waals surface area contributed by atoms with Crippen LogP contribution in [0.1, 0.15) is 52.4 Å². The quantitative estimate of drug-likeness (QED) is 0.700. The summed E-state index contributed by atoms with van der Waals surface area (Å²) in [5, 5.41) is 20.2. The summed E-state index contributed by atoms with van der Waals surface area (Å²) in [6.45, 7) is 3.86. The SMILES string of the molecule is CC(C)(O)[C@@H]1CCCC2C1CCC[C@H]2O. The fourth-order valence-electron chi connectivity index (χ4n) is 3.85. The summed E-state index contributed by atoms with van der Waals surface area (Å²) in [4.78, 5) is 0. The van der Waals surface area contributed by atoms with Gasteiger partial charge in [-0.2, -0.15) is 0 Å². The lowest BCUT2D eigenvalue weighted by Crippen LogP contribution is -2.46. The molecule has 2 fully saturated rings. The van der Waals surface area contributed by atoms with Crippen molar-refractivity contribution in [1.82, 2.24) is 0 Å². The van der Waals surface area contributed by atoms with Gasteiger partial charge < -0.3 is 10.2 Å². The zero-order valence-corrected chi connectivity index (χ0v) is 9.95. The van der Waals surface area contributed by atoms with E-state index in [0.717, 1.165) is 19.3 Å². The molecule has 0 heterocycles. The van der Waals surface area contributed by atoms with Crippen LogP contribution in [0.25, 0.3) is 0 Å². The zero-order valence-electron chi connectivity index (χ0n) is 9.95. The molecular weight excluding hydrogens is 188 g/mol. The molecule has 0 amide bonds. The van der Waals surface area contributed by atoms with Gasteiger partial charge in [0.1, 0.15) is 0 Å². The third-order valence-electron chi connectivity index (χ3n) is 4.56. The predicted octanol–water partition coefficient (Wildman–Crippen LogP) is 2.33. The van der Waals surface area contributed by atoms with Crippen molar-refractivity contribution in [2.24, 2.45) is 17.8 Å². The maximum atomic E-state index is 10.2. The molecule has 2 unspecified atom stereocenters.